The molecule has 4 atom stereocenters. The van der Waals surface area contributed by atoms with Crippen molar-refractivity contribution in [3.8, 4) is 0 Å². The molecule has 2 heterocycles. The Balaban J connectivity index is 1.65. The van der Waals surface area contributed by atoms with E-state index in [0.29, 0.717) is 19.6 Å². The molecule has 1 unspecified atom stereocenters. The topological polar surface area (TPSA) is 36.9 Å². The summed E-state index contributed by atoms with van der Waals surface area (Å²) >= 11 is 0. The summed E-state index contributed by atoms with van der Waals surface area (Å²) in [5.74, 6) is -0.673. The highest BCUT2D eigenvalue weighted by molar-refractivity contribution is 5.13. The molecular weight excluding hydrogens is 268 g/mol. The third kappa shape index (κ3) is 2.90. The monoisotopic (exact) mass is 290 g/mol. The van der Waals surface area contributed by atoms with Gasteiger partial charge in [-0.25, -0.2) is 0 Å². The van der Waals surface area contributed by atoms with Crippen molar-refractivity contribution in [1.29, 1.82) is 0 Å². The molecule has 1 aromatic carbocycles. The first-order valence-electron chi connectivity index (χ1n) is 7.38. The van der Waals surface area contributed by atoms with E-state index in [1.165, 1.54) is 0 Å². The molecule has 4 nitrogen and oxygen atoms in total. The molecule has 0 radical (unpaired) electrons. The van der Waals surface area contributed by atoms with Crippen LogP contribution < -0.4 is 0 Å². The Morgan fingerprint density at radius 2 is 2.19 bits per heavy atom. The number of hydrogen-bond donors (Lipinski definition) is 0. The third-order valence-electron chi connectivity index (χ3n) is 4.21. The molecule has 0 saturated carbocycles. The van der Waals surface area contributed by atoms with Crippen LogP contribution >= 0.6 is 0 Å². The molecule has 4 heteroatoms. The van der Waals surface area contributed by atoms with Gasteiger partial charge in [-0.2, -0.15) is 0 Å². The minimum atomic E-state index is -0.673. The quantitative estimate of drug-likeness (QED) is 0.755. The first-order chi connectivity index (χ1) is 10.3. The number of rotatable bonds is 6. The van der Waals surface area contributed by atoms with E-state index in [4.69, 9.17) is 18.9 Å². The molecule has 2 aliphatic heterocycles. The Bertz CT molecular complexity index is 475. The lowest BCUT2D eigenvalue weighted by molar-refractivity contribution is -0.272. The SMILES string of the molecule is C=CCC12OC[C@@H](O1)[C@@H](OCc1ccccc1)C[C@H]2OC. The molecule has 1 aromatic rings. The average Bonchev–Trinajstić information content (AvgIpc) is 2.88. The fourth-order valence-electron chi connectivity index (χ4n) is 3.11. The summed E-state index contributed by atoms with van der Waals surface area (Å²) in [7, 11) is 1.69. The van der Waals surface area contributed by atoms with Gasteiger partial charge in [-0.3, -0.25) is 0 Å². The van der Waals surface area contributed by atoms with Crippen molar-refractivity contribution in [1.82, 2.24) is 0 Å². The van der Waals surface area contributed by atoms with Crippen LogP contribution in [0.1, 0.15) is 18.4 Å². The first-order valence-corrected chi connectivity index (χ1v) is 7.38. The second-order valence-corrected chi connectivity index (χ2v) is 5.57. The summed E-state index contributed by atoms with van der Waals surface area (Å²) in [6, 6.07) is 10.2. The zero-order valence-corrected chi connectivity index (χ0v) is 12.4. The number of hydrogen-bond acceptors (Lipinski definition) is 4. The van der Waals surface area contributed by atoms with Gasteiger partial charge >= 0.3 is 0 Å². The van der Waals surface area contributed by atoms with Crippen LogP contribution in [0.5, 0.6) is 0 Å². The van der Waals surface area contributed by atoms with E-state index in [1.54, 1.807) is 7.11 Å². The van der Waals surface area contributed by atoms with Crippen LogP contribution in [0.3, 0.4) is 0 Å². The van der Waals surface area contributed by atoms with E-state index < -0.39 is 5.79 Å². The van der Waals surface area contributed by atoms with E-state index in [9.17, 15) is 0 Å². The zero-order chi connectivity index (χ0) is 14.7. The van der Waals surface area contributed by atoms with Gasteiger partial charge in [0, 0.05) is 20.0 Å². The molecule has 21 heavy (non-hydrogen) atoms. The summed E-state index contributed by atoms with van der Waals surface area (Å²) < 4.78 is 23.6. The lowest BCUT2D eigenvalue weighted by atomic mass is 9.95. The predicted molar refractivity (Wildman–Crippen MR) is 78.8 cm³/mol. The molecule has 0 aromatic heterocycles. The van der Waals surface area contributed by atoms with Gasteiger partial charge in [0.25, 0.3) is 0 Å². The molecule has 3 rings (SSSR count). The maximum Gasteiger partial charge on any atom is 0.198 e. The molecule has 2 saturated heterocycles. The highest BCUT2D eigenvalue weighted by Gasteiger charge is 2.55. The predicted octanol–water partition coefficient (Wildman–Crippen LogP) is 2.68. The second-order valence-electron chi connectivity index (χ2n) is 5.57. The molecule has 2 aliphatic rings. The van der Waals surface area contributed by atoms with Crippen LogP contribution in [0.25, 0.3) is 0 Å². The Kier molecular flexibility index (Phi) is 4.40. The van der Waals surface area contributed by atoms with Gasteiger partial charge in [0.1, 0.15) is 12.2 Å². The van der Waals surface area contributed by atoms with Crippen LogP contribution in [0, 0.1) is 0 Å². The van der Waals surface area contributed by atoms with Crippen molar-refractivity contribution in [3.63, 3.8) is 0 Å². The fraction of sp³-hybridized carbons (Fsp3) is 0.529. The Labute approximate surface area is 125 Å². The molecule has 114 valence electrons. The van der Waals surface area contributed by atoms with E-state index in [2.05, 4.69) is 18.7 Å². The lowest BCUT2D eigenvalue weighted by Gasteiger charge is -2.40. The number of ether oxygens (including phenoxy) is 4. The maximum atomic E-state index is 6.09. The third-order valence-corrected chi connectivity index (χ3v) is 4.21. The zero-order valence-electron chi connectivity index (χ0n) is 12.4. The van der Waals surface area contributed by atoms with Gasteiger partial charge in [-0.15, -0.1) is 6.58 Å². The molecule has 2 bridgehead atoms. The van der Waals surface area contributed by atoms with E-state index in [1.807, 2.05) is 24.3 Å². The summed E-state index contributed by atoms with van der Waals surface area (Å²) in [5.41, 5.74) is 1.16. The van der Waals surface area contributed by atoms with Crippen molar-refractivity contribution < 1.29 is 18.9 Å². The largest absolute Gasteiger partial charge is 0.376 e. The molecule has 0 spiro atoms. The van der Waals surface area contributed by atoms with Crippen LogP contribution in [0.4, 0.5) is 0 Å². The molecule has 0 N–H and O–H groups in total. The van der Waals surface area contributed by atoms with Crippen molar-refractivity contribution in [2.45, 2.75) is 43.5 Å². The molecule has 0 amide bonds. The summed E-state index contributed by atoms with van der Waals surface area (Å²) in [6.07, 6.45) is 3.07. The van der Waals surface area contributed by atoms with Gasteiger partial charge < -0.3 is 18.9 Å². The van der Waals surface area contributed by atoms with Crippen molar-refractivity contribution in [3.05, 3.63) is 48.6 Å². The fourth-order valence-corrected chi connectivity index (χ4v) is 3.11. The molecule has 0 aliphatic carbocycles. The van der Waals surface area contributed by atoms with Gasteiger partial charge in [0.05, 0.1) is 19.3 Å². The number of fused-ring (bicyclic) bond motifs is 2. The molecule has 2 fully saturated rings. The van der Waals surface area contributed by atoms with Crippen molar-refractivity contribution in [2.24, 2.45) is 0 Å². The Morgan fingerprint density at radius 3 is 2.90 bits per heavy atom. The van der Waals surface area contributed by atoms with E-state index in [-0.39, 0.29) is 18.3 Å². The van der Waals surface area contributed by atoms with Gasteiger partial charge in [0.15, 0.2) is 5.79 Å². The average molecular weight is 290 g/mol. The Hall–Kier alpha value is -1.20. The highest BCUT2D eigenvalue weighted by atomic mass is 16.8. The van der Waals surface area contributed by atoms with Gasteiger partial charge in [0.2, 0.25) is 0 Å². The minimum Gasteiger partial charge on any atom is -0.376 e. The van der Waals surface area contributed by atoms with Crippen LogP contribution in [0.15, 0.2) is 43.0 Å². The summed E-state index contributed by atoms with van der Waals surface area (Å²) in [4.78, 5) is 0. The number of benzene rings is 1. The van der Waals surface area contributed by atoms with E-state index in [0.717, 1.165) is 12.0 Å². The van der Waals surface area contributed by atoms with Gasteiger partial charge in [-0.1, -0.05) is 36.4 Å². The molecular formula is C17H22O4. The normalized spacial score (nSPS) is 34.8. The van der Waals surface area contributed by atoms with Crippen LogP contribution in [0.2, 0.25) is 0 Å². The number of methoxy groups -OCH3 is 1. The smallest absolute Gasteiger partial charge is 0.198 e. The summed E-state index contributed by atoms with van der Waals surface area (Å²) in [6.45, 7) is 4.91. The first kappa shape index (κ1) is 14.7. The maximum absolute atomic E-state index is 6.09. The van der Waals surface area contributed by atoms with Crippen LogP contribution in [-0.2, 0) is 25.6 Å². The van der Waals surface area contributed by atoms with E-state index >= 15 is 0 Å². The van der Waals surface area contributed by atoms with Crippen LogP contribution in [-0.4, -0.2) is 37.8 Å². The van der Waals surface area contributed by atoms with Gasteiger partial charge in [-0.05, 0) is 5.56 Å². The minimum absolute atomic E-state index is 0.00408. The van der Waals surface area contributed by atoms with Crippen molar-refractivity contribution in [2.75, 3.05) is 13.7 Å². The summed E-state index contributed by atoms with van der Waals surface area (Å²) in [5, 5.41) is 0. The second kappa shape index (κ2) is 6.28. The lowest BCUT2D eigenvalue weighted by Crippen LogP contribution is -2.52. The Morgan fingerprint density at radius 1 is 1.38 bits per heavy atom. The highest BCUT2D eigenvalue weighted by Crippen LogP contribution is 2.41. The standard InChI is InChI=1S/C17H22O4/c1-3-9-17-16(18-2)10-14(15(21-17)12-20-17)19-11-13-7-5-4-6-8-13/h3-8,14-16H,1,9-12H2,2H3/t14-,15+,16+,17?/m0/s1. The van der Waals surface area contributed by atoms with Crippen molar-refractivity contribution >= 4 is 0 Å².